The third-order valence-corrected chi connectivity index (χ3v) is 11.2. The van der Waals surface area contributed by atoms with Crippen molar-refractivity contribution in [2.45, 2.75) is 136 Å². The van der Waals surface area contributed by atoms with E-state index in [-0.39, 0.29) is 66.7 Å². The smallest absolute Gasteiger partial charge is 0.316 e. The maximum atomic E-state index is 14.6. The van der Waals surface area contributed by atoms with Crippen molar-refractivity contribution in [1.82, 2.24) is 36.6 Å². The van der Waals surface area contributed by atoms with Gasteiger partial charge in [0.25, 0.3) is 5.91 Å². The lowest BCUT2D eigenvalue weighted by Crippen LogP contribution is -2.65. The summed E-state index contributed by atoms with van der Waals surface area (Å²) in [6.45, 7) is 15.7. The van der Waals surface area contributed by atoms with E-state index in [1.54, 1.807) is 4.90 Å². The van der Waals surface area contributed by atoms with Gasteiger partial charge in [-0.3, -0.25) is 28.8 Å². The molecule has 7 amide bonds. The Morgan fingerprint density at radius 3 is 2.20 bits per heavy atom. The molecule has 51 heavy (non-hydrogen) atoms. The number of carbonyl (C=O) groups excluding carboxylic acids is 7. The molecule has 0 bridgehead atoms. The first-order valence-corrected chi connectivity index (χ1v) is 18.8. The quantitative estimate of drug-likeness (QED) is 0.0742. The molecule has 0 radical (unpaired) electrons. The first-order valence-electron chi connectivity index (χ1n) is 18.8. The lowest BCUT2D eigenvalue weighted by atomic mass is 9.83. The maximum Gasteiger partial charge on any atom is 0.316 e. The van der Waals surface area contributed by atoms with Crippen LogP contribution in [0.2, 0.25) is 0 Å². The number of piperidine rings is 2. The molecule has 6 atom stereocenters. The molecule has 14 heteroatoms. The zero-order valence-corrected chi connectivity index (χ0v) is 31.3. The predicted molar refractivity (Wildman–Crippen MR) is 190 cm³/mol. The largest absolute Gasteiger partial charge is 0.346 e. The topological polar surface area (TPSA) is 186 Å². The molecule has 4 rings (SSSR count). The fourth-order valence-corrected chi connectivity index (χ4v) is 7.97. The van der Waals surface area contributed by atoms with Crippen LogP contribution in [0.5, 0.6) is 0 Å². The average molecular weight is 714 g/mol. The summed E-state index contributed by atoms with van der Waals surface area (Å²) >= 11 is 0. The monoisotopic (exact) mass is 713 g/mol. The minimum atomic E-state index is -1.04. The Morgan fingerprint density at radius 2 is 1.61 bits per heavy atom. The third kappa shape index (κ3) is 9.36. The Morgan fingerprint density at radius 1 is 0.961 bits per heavy atom. The molecule has 2 saturated carbocycles. The number of nitrogens with one attached hydrogen (secondary N) is 5. The van der Waals surface area contributed by atoms with Gasteiger partial charge in [0.2, 0.25) is 29.4 Å². The molecule has 0 aromatic rings. The van der Waals surface area contributed by atoms with Crippen LogP contribution in [0.25, 0.3) is 0 Å². The summed E-state index contributed by atoms with van der Waals surface area (Å²) in [5.74, 6) is -3.36. The van der Waals surface area contributed by atoms with Gasteiger partial charge in [-0.1, -0.05) is 79.7 Å². The second-order valence-corrected chi connectivity index (χ2v) is 16.4. The minimum Gasteiger partial charge on any atom is -0.346 e. The van der Waals surface area contributed by atoms with Gasteiger partial charge in [0, 0.05) is 25.9 Å². The van der Waals surface area contributed by atoms with Gasteiger partial charge in [-0.15, -0.1) is 6.58 Å². The molecule has 0 aromatic carbocycles. The number of urea groups is 1. The van der Waals surface area contributed by atoms with E-state index in [0.717, 1.165) is 43.5 Å². The second-order valence-electron chi connectivity index (χ2n) is 16.4. The van der Waals surface area contributed by atoms with Crippen LogP contribution in [0.3, 0.4) is 0 Å². The van der Waals surface area contributed by atoms with Crippen molar-refractivity contribution in [1.29, 1.82) is 0 Å². The first kappa shape index (κ1) is 40.0. The first-order chi connectivity index (χ1) is 24.0. The number of hydrogen-bond donors (Lipinski definition) is 5. The molecule has 14 nitrogen and oxygen atoms in total. The summed E-state index contributed by atoms with van der Waals surface area (Å²) in [5, 5.41) is 12.1. The zero-order chi connectivity index (χ0) is 37.7. The Bertz CT molecular complexity index is 1350. The van der Waals surface area contributed by atoms with E-state index in [0.29, 0.717) is 19.4 Å². The Labute approximate surface area is 302 Å². The van der Waals surface area contributed by atoms with Crippen LogP contribution in [0.4, 0.5) is 4.79 Å². The van der Waals surface area contributed by atoms with E-state index < -0.39 is 53.3 Å². The van der Waals surface area contributed by atoms with Gasteiger partial charge in [0.15, 0.2) is 0 Å². The number of likely N-dealkylation sites (tertiary alicyclic amines) is 1. The number of amides is 7. The summed E-state index contributed by atoms with van der Waals surface area (Å²) < 4.78 is 0. The van der Waals surface area contributed by atoms with E-state index in [1.165, 1.54) is 6.08 Å². The van der Waals surface area contributed by atoms with Crippen molar-refractivity contribution in [2.75, 3.05) is 13.1 Å². The van der Waals surface area contributed by atoms with Crippen LogP contribution >= 0.6 is 0 Å². The molecule has 2 aliphatic carbocycles. The van der Waals surface area contributed by atoms with Crippen molar-refractivity contribution in [2.24, 2.45) is 28.6 Å². The number of carbonyl (C=O) groups is 7. The van der Waals surface area contributed by atoms with Crippen molar-refractivity contribution in [3.63, 3.8) is 0 Å². The lowest BCUT2D eigenvalue weighted by molar-refractivity contribution is -0.154. The number of rotatable bonds is 15. The van der Waals surface area contributed by atoms with E-state index in [4.69, 9.17) is 0 Å². The van der Waals surface area contributed by atoms with Crippen molar-refractivity contribution >= 4 is 41.4 Å². The van der Waals surface area contributed by atoms with Gasteiger partial charge < -0.3 is 26.2 Å². The summed E-state index contributed by atoms with van der Waals surface area (Å²) in [6.07, 6.45) is 7.50. The highest BCUT2D eigenvalue weighted by atomic mass is 16.2. The molecule has 4 fully saturated rings. The Hall–Kier alpha value is -3.81. The number of Topliss-reactive ketones (excluding diaryl/α,β-unsaturated/α-hetero) is 1. The normalized spacial score (nSPS) is 24.9. The van der Waals surface area contributed by atoms with E-state index in [9.17, 15) is 33.6 Å². The molecule has 0 spiro atoms. The van der Waals surface area contributed by atoms with Crippen molar-refractivity contribution < 1.29 is 33.6 Å². The lowest BCUT2D eigenvalue weighted by Gasteiger charge is -2.39. The highest BCUT2D eigenvalue weighted by Crippen LogP contribution is 2.65. The number of ketones is 1. The highest BCUT2D eigenvalue weighted by Gasteiger charge is 2.69. The van der Waals surface area contributed by atoms with Gasteiger partial charge in [0.1, 0.15) is 18.2 Å². The maximum absolute atomic E-state index is 14.6. The molecule has 1 unspecified atom stereocenters. The van der Waals surface area contributed by atoms with E-state index in [1.807, 2.05) is 27.7 Å². The standard InChI is InChI=1S/C37H59N7O7/c1-8-10-17-24(30(47)32(49)38-20-9-2)39-31(48)29-27-23(37(27,6)7)21-43(29)33(50)28(22-15-12-11-13-16-22)40-35(51)41-34(36(3,4)5)42-44-25(45)18-14-19-26(44)46/h9,22-24,27-29,34,42H,2,8,10-21H2,1,3-7H3,(H,38,49)(H,39,48)(H2,40,41,51)/t23-,24?,27-,28-,29-,34+/m0/s1. The number of imide groups is 1. The Kier molecular flexibility index (Phi) is 13.1. The van der Waals surface area contributed by atoms with Crippen LogP contribution in [-0.2, 0) is 28.8 Å². The van der Waals surface area contributed by atoms with Crippen LogP contribution in [0.1, 0.15) is 112 Å². The van der Waals surface area contributed by atoms with Crippen molar-refractivity contribution in [3.8, 4) is 0 Å². The molecule has 2 aliphatic heterocycles. The molecule has 2 saturated heterocycles. The van der Waals surface area contributed by atoms with Gasteiger partial charge in [-0.05, 0) is 54.3 Å². The van der Waals surface area contributed by atoms with Crippen LogP contribution in [-0.4, -0.2) is 88.6 Å². The van der Waals surface area contributed by atoms with E-state index >= 15 is 0 Å². The van der Waals surface area contributed by atoms with Gasteiger partial charge in [-0.2, -0.15) is 0 Å². The van der Waals surface area contributed by atoms with Crippen LogP contribution in [0, 0.1) is 28.6 Å². The minimum absolute atomic E-state index is 0.0628. The fraction of sp³-hybridized carbons (Fsp3) is 0.757. The molecule has 5 N–H and O–H groups in total. The third-order valence-electron chi connectivity index (χ3n) is 11.2. The number of unbranched alkanes of at least 4 members (excludes halogenated alkanes) is 1. The van der Waals surface area contributed by atoms with Gasteiger partial charge >= 0.3 is 6.03 Å². The van der Waals surface area contributed by atoms with Gasteiger partial charge in [0.05, 0.1) is 6.04 Å². The molecule has 0 aromatic heterocycles. The fourth-order valence-electron chi connectivity index (χ4n) is 7.97. The zero-order valence-electron chi connectivity index (χ0n) is 31.3. The summed E-state index contributed by atoms with van der Waals surface area (Å²) in [7, 11) is 0. The summed E-state index contributed by atoms with van der Waals surface area (Å²) in [6, 6.07) is -3.48. The number of nitrogens with zero attached hydrogens (tertiary/aromatic N) is 2. The molecular formula is C37H59N7O7. The molecule has 4 aliphatic rings. The number of hydrazine groups is 1. The Balaban J connectivity index is 1.55. The molecule has 284 valence electrons. The number of fused-ring (bicyclic) bond motifs is 1. The molecule has 2 heterocycles. The predicted octanol–water partition coefficient (Wildman–Crippen LogP) is 2.68. The van der Waals surface area contributed by atoms with Gasteiger partial charge in [-0.25, -0.2) is 15.2 Å². The van der Waals surface area contributed by atoms with Crippen molar-refractivity contribution in [3.05, 3.63) is 12.7 Å². The summed E-state index contributed by atoms with van der Waals surface area (Å²) in [5.41, 5.74) is 2.09. The van der Waals surface area contributed by atoms with Crippen LogP contribution < -0.4 is 26.7 Å². The summed E-state index contributed by atoms with van der Waals surface area (Å²) in [4.78, 5) is 94.9. The highest BCUT2D eigenvalue weighted by molar-refractivity contribution is 6.38. The average Bonchev–Trinajstić information content (AvgIpc) is 3.38. The number of hydrogen-bond acceptors (Lipinski definition) is 8. The van der Waals surface area contributed by atoms with Crippen LogP contribution in [0.15, 0.2) is 12.7 Å². The second kappa shape index (κ2) is 16.7. The SMILES string of the molecule is C=CCNC(=O)C(=O)C(CCCC)NC(=O)[C@@H]1[C@@H]2[C@H](CN1C(=O)[C@@H](NC(=O)N[C@H](NN1C(=O)CCCC1=O)C(C)(C)C)C1CCCCC1)C2(C)C. The van der Waals surface area contributed by atoms with E-state index in [2.05, 4.69) is 47.1 Å². The molecular weight excluding hydrogens is 654 g/mol.